The van der Waals surface area contributed by atoms with Gasteiger partial charge < -0.3 is 14.2 Å². The lowest BCUT2D eigenvalue weighted by Crippen LogP contribution is -2.39. The molecular weight excluding hydrogens is 612 g/mol. The molecule has 0 saturated carbocycles. The van der Waals surface area contributed by atoms with E-state index in [0.717, 1.165) is 22.3 Å². The van der Waals surface area contributed by atoms with Crippen LogP contribution in [0.4, 0.5) is 4.79 Å². The van der Waals surface area contributed by atoms with Gasteiger partial charge in [0.25, 0.3) is 0 Å². The van der Waals surface area contributed by atoms with Gasteiger partial charge in [0.05, 0.1) is 37.4 Å². The number of sulfonamides is 1. The maximum Gasteiger partial charge on any atom is 0.414 e. The Morgan fingerprint density at radius 3 is 2.09 bits per heavy atom. The van der Waals surface area contributed by atoms with Gasteiger partial charge in [0.2, 0.25) is 10.0 Å². The normalized spacial score (nSPS) is 14.9. The third kappa shape index (κ3) is 11.7. The van der Waals surface area contributed by atoms with Gasteiger partial charge in [-0.1, -0.05) is 78.4 Å². The quantitative estimate of drug-likeness (QED) is 0.136. The van der Waals surface area contributed by atoms with Crippen LogP contribution in [0.5, 0.6) is 0 Å². The largest absolute Gasteiger partial charge is 0.443 e. The molecule has 0 saturated heterocycles. The van der Waals surface area contributed by atoms with Crippen molar-refractivity contribution < 1.29 is 27.4 Å². The molecule has 3 aromatic carbocycles. The van der Waals surface area contributed by atoms with Crippen molar-refractivity contribution in [2.75, 3.05) is 26.3 Å². The first kappa shape index (κ1) is 35.9. The van der Waals surface area contributed by atoms with Crippen LogP contribution in [0.1, 0.15) is 56.7 Å². The van der Waals surface area contributed by atoms with Gasteiger partial charge in [-0.15, -0.1) is 11.8 Å². The van der Waals surface area contributed by atoms with E-state index in [2.05, 4.69) is 11.8 Å². The third-order valence-electron chi connectivity index (χ3n) is 7.37. The summed E-state index contributed by atoms with van der Waals surface area (Å²) in [6.07, 6.45) is 2.60. The lowest BCUT2D eigenvalue weighted by atomic mass is 10.1. The van der Waals surface area contributed by atoms with E-state index in [4.69, 9.17) is 14.2 Å². The minimum Gasteiger partial charge on any atom is -0.443 e. The summed E-state index contributed by atoms with van der Waals surface area (Å²) in [7, 11) is -3.84. The van der Waals surface area contributed by atoms with Crippen LogP contribution in [0.2, 0.25) is 0 Å². The number of rotatable bonds is 14. The Morgan fingerprint density at radius 2 is 1.47 bits per heavy atom. The molecule has 3 aromatic rings. The van der Waals surface area contributed by atoms with Crippen molar-refractivity contribution in [3.63, 3.8) is 0 Å². The van der Waals surface area contributed by atoms with Gasteiger partial charge in [0, 0.05) is 32.1 Å². The second-order valence-electron chi connectivity index (χ2n) is 12.6. The summed E-state index contributed by atoms with van der Waals surface area (Å²) >= 11 is 0. The maximum atomic E-state index is 13.9. The number of nitrogens with zero attached hydrogens (tertiary/aromatic N) is 2. The molecule has 0 aromatic heterocycles. The zero-order chi connectivity index (χ0) is 33.7. The predicted octanol–water partition coefficient (Wildman–Crippen LogP) is 7.10. The van der Waals surface area contributed by atoms with E-state index in [1.54, 1.807) is 30.5 Å². The number of carbonyl (C=O) groups is 1. The van der Waals surface area contributed by atoms with E-state index in [-0.39, 0.29) is 30.6 Å². The molecule has 9 heteroatoms. The second kappa shape index (κ2) is 17.3. The van der Waals surface area contributed by atoms with Crippen LogP contribution in [-0.2, 0) is 37.4 Å². The summed E-state index contributed by atoms with van der Waals surface area (Å²) in [5, 5.41) is 0. The van der Waals surface area contributed by atoms with Crippen LogP contribution in [0.15, 0.2) is 102 Å². The smallest absolute Gasteiger partial charge is 0.414 e. The summed E-state index contributed by atoms with van der Waals surface area (Å²) < 4.78 is 46.6. The fourth-order valence-electron chi connectivity index (χ4n) is 5.02. The number of amides is 1. The number of hydrogen-bond donors (Lipinski definition) is 0. The Morgan fingerprint density at radius 1 is 0.872 bits per heavy atom. The Labute approximate surface area is 280 Å². The molecule has 250 valence electrons. The van der Waals surface area contributed by atoms with Gasteiger partial charge in [-0.2, -0.15) is 4.31 Å². The van der Waals surface area contributed by atoms with Gasteiger partial charge >= 0.3 is 6.09 Å². The van der Waals surface area contributed by atoms with Crippen molar-refractivity contribution in [1.82, 2.24) is 9.21 Å². The number of benzene rings is 3. The van der Waals surface area contributed by atoms with Gasteiger partial charge in [-0.25, -0.2) is 13.2 Å². The lowest BCUT2D eigenvalue weighted by Gasteiger charge is -2.27. The highest BCUT2D eigenvalue weighted by Gasteiger charge is 2.35. The molecular formula is C38H46N2O6S. The molecule has 47 heavy (non-hydrogen) atoms. The number of aryl methyl sites for hydroxylation is 1. The van der Waals surface area contributed by atoms with Crippen LogP contribution in [0.3, 0.4) is 0 Å². The minimum absolute atomic E-state index is 0.118. The molecule has 0 spiro atoms. The van der Waals surface area contributed by atoms with Crippen molar-refractivity contribution >= 4 is 16.1 Å². The molecule has 0 N–H and O–H groups in total. The fraction of sp³-hybridized carbons (Fsp3) is 0.395. The van der Waals surface area contributed by atoms with E-state index < -0.39 is 21.7 Å². The van der Waals surface area contributed by atoms with Crippen LogP contribution in [0.25, 0.3) is 0 Å². The molecule has 1 amide bonds. The number of hydrogen-bond acceptors (Lipinski definition) is 6. The highest BCUT2D eigenvalue weighted by molar-refractivity contribution is 7.89. The molecule has 4 rings (SSSR count). The molecule has 1 heterocycles. The molecule has 0 aliphatic carbocycles. The Balaban J connectivity index is 1.44. The monoisotopic (exact) mass is 658 g/mol. The second-order valence-corrected chi connectivity index (χ2v) is 14.5. The predicted molar refractivity (Wildman–Crippen MR) is 184 cm³/mol. The molecule has 0 bridgehead atoms. The van der Waals surface area contributed by atoms with Crippen LogP contribution < -0.4 is 0 Å². The van der Waals surface area contributed by atoms with E-state index in [1.807, 2.05) is 88.4 Å². The SMILES string of the molecule is Cc1ccc(S(=O)(=O)N(CCC#CCCOCc2ccccc2)CC2=CN(C(=O)OC(C)(C)C)[C@H](COCc3ccccc3)C2)cc1. The standard InChI is InChI=1S/C38H46N2O6S/c1-31-19-21-36(22-20-31)47(42,43)39(23-13-5-6-14-24-44-28-32-15-9-7-10-16-32)26-34-25-35(30-45-29-33-17-11-8-12-18-33)40(27-34)37(41)46-38(2,3)4/h7-12,15-22,27,35H,13-14,23-26,28-30H2,1-4H3/t35-/m0/s1. The van der Waals surface area contributed by atoms with Crippen LogP contribution >= 0.6 is 0 Å². The summed E-state index contributed by atoms with van der Waals surface area (Å²) in [6.45, 7) is 9.39. The average molecular weight is 659 g/mol. The Kier molecular flexibility index (Phi) is 13.2. The Hall–Kier alpha value is -3.94. The highest BCUT2D eigenvalue weighted by atomic mass is 32.2. The number of ether oxygens (including phenoxy) is 3. The molecule has 1 atom stereocenters. The zero-order valence-corrected chi connectivity index (χ0v) is 28.7. The summed E-state index contributed by atoms with van der Waals surface area (Å²) in [5.74, 6) is 6.23. The van der Waals surface area contributed by atoms with Crippen LogP contribution in [0, 0.1) is 18.8 Å². The first-order valence-electron chi connectivity index (χ1n) is 16.0. The number of carbonyl (C=O) groups excluding carboxylic acids is 1. The average Bonchev–Trinajstić information content (AvgIpc) is 3.45. The van der Waals surface area contributed by atoms with Crippen LogP contribution in [-0.4, -0.2) is 61.7 Å². The molecule has 1 aliphatic rings. The van der Waals surface area contributed by atoms with Crippen molar-refractivity contribution in [3.05, 3.63) is 113 Å². The van der Waals surface area contributed by atoms with Crippen molar-refractivity contribution in [2.45, 2.75) is 76.7 Å². The van der Waals surface area contributed by atoms with Gasteiger partial charge in [0.15, 0.2) is 0 Å². The van der Waals surface area contributed by atoms with E-state index in [1.165, 1.54) is 9.21 Å². The molecule has 0 radical (unpaired) electrons. The van der Waals surface area contributed by atoms with Gasteiger partial charge in [-0.3, -0.25) is 4.90 Å². The first-order valence-corrected chi connectivity index (χ1v) is 17.4. The molecule has 0 fully saturated rings. The lowest BCUT2D eigenvalue weighted by molar-refractivity contribution is 0.0154. The Bertz CT molecular complexity index is 1620. The molecule has 0 unspecified atom stereocenters. The fourth-order valence-corrected chi connectivity index (χ4v) is 6.46. The molecule has 8 nitrogen and oxygen atoms in total. The van der Waals surface area contributed by atoms with Crippen molar-refractivity contribution in [2.24, 2.45) is 0 Å². The summed E-state index contributed by atoms with van der Waals surface area (Å²) in [6, 6.07) is 26.3. The summed E-state index contributed by atoms with van der Waals surface area (Å²) in [4.78, 5) is 15.0. The first-order chi connectivity index (χ1) is 22.5. The van der Waals surface area contributed by atoms with E-state index in [9.17, 15) is 13.2 Å². The highest BCUT2D eigenvalue weighted by Crippen LogP contribution is 2.28. The van der Waals surface area contributed by atoms with E-state index >= 15 is 0 Å². The topological polar surface area (TPSA) is 85.4 Å². The third-order valence-corrected chi connectivity index (χ3v) is 9.23. The van der Waals surface area contributed by atoms with Crippen molar-refractivity contribution in [1.29, 1.82) is 0 Å². The van der Waals surface area contributed by atoms with Crippen molar-refractivity contribution in [3.8, 4) is 11.8 Å². The maximum absolute atomic E-state index is 13.9. The van der Waals surface area contributed by atoms with Gasteiger partial charge in [0.1, 0.15) is 5.60 Å². The molecule has 1 aliphatic heterocycles. The summed E-state index contributed by atoms with van der Waals surface area (Å²) in [5.41, 5.74) is 3.22. The minimum atomic E-state index is -3.84. The van der Waals surface area contributed by atoms with E-state index in [0.29, 0.717) is 39.1 Å². The van der Waals surface area contributed by atoms with Gasteiger partial charge in [-0.05, 0) is 62.9 Å². The zero-order valence-electron chi connectivity index (χ0n) is 27.9.